The molecule has 1 atom stereocenters. The molecule has 1 unspecified atom stereocenters. The van der Waals surface area contributed by atoms with Gasteiger partial charge in [0.2, 0.25) is 0 Å². The maximum absolute atomic E-state index is 14.1. The summed E-state index contributed by atoms with van der Waals surface area (Å²) in [7, 11) is -4.55. The molecule has 0 aromatic heterocycles. The Morgan fingerprint density at radius 1 is 0.537 bits per heavy atom. The summed E-state index contributed by atoms with van der Waals surface area (Å²) in [6.07, 6.45) is 2.42. The van der Waals surface area contributed by atoms with Crippen molar-refractivity contribution in [3.05, 3.63) is 141 Å². The predicted molar refractivity (Wildman–Crippen MR) is 331 cm³/mol. The van der Waals surface area contributed by atoms with Crippen molar-refractivity contribution in [1.82, 2.24) is 0 Å². The van der Waals surface area contributed by atoms with Gasteiger partial charge in [-0.2, -0.15) is 21.6 Å². The Labute approximate surface area is 546 Å². The Hall–Kier alpha value is -8.75. The average Bonchev–Trinajstić information content (AvgIpc) is 1.65. The van der Waals surface area contributed by atoms with E-state index in [1.807, 2.05) is 13.8 Å². The molecule has 0 amide bonds. The SMILES string of the molecule is CCOc1c(F)ccc(C=O)c1B1CC(C)(C)C(C)(C)O1.CCOc1c(F)ccc(C=O)c1O.CCOc1c(F)ccc(C=O)c1OS(=O)(=O)C(F)(F)F.CCOc1c(F)ccc2c1B(O)OC2CN.COc1c(F)ccc(C=O)c1OC.Cl.O=Cc1ccc(F)c(O)c1O. The second-order valence-corrected chi connectivity index (χ2v) is 21.7. The lowest BCUT2D eigenvalue weighted by atomic mass is 9.53. The molecule has 0 radical (unpaired) electrons. The molecule has 2 heterocycles. The number of hydrogen-bond acceptors (Lipinski definition) is 21. The van der Waals surface area contributed by atoms with Gasteiger partial charge < -0.3 is 68.0 Å². The lowest BCUT2D eigenvalue weighted by Gasteiger charge is -2.34. The molecular formula is C61H67B2ClF9NO20S. The topological polar surface area (TPSA) is 310 Å². The van der Waals surface area contributed by atoms with Gasteiger partial charge in [-0.05, 0) is 126 Å². The van der Waals surface area contributed by atoms with Crippen molar-refractivity contribution in [2.75, 3.05) is 47.2 Å². The zero-order valence-electron chi connectivity index (χ0n) is 52.4. The van der Waals surface area contributed by atoms with E-state index in [2.05, 4.69) is 22.8 Å². The second-order valence-electron chi connectivity index (χ2n) is 20.1. The molecule has 518 valence electrons. The van der Waals surface area contributed by atoms with E-state index in [9.17, 15) is 82.0 Å². The van der Waals surface area contributed by atoms with Crippen LogP contribution in [0.15, 0.2) is 72.8 Å². The van der Waals surface area contributed by atoms with E-state index in [0.29, 0.717) is 60.4 Å². The highest BCUT2D eigenvalue weighted by atomic mass is 35.5. The van der Waals surface area contributed by atoms with Gasteiger partial charge in [-0.1, -0.05) is 19.9 Å². The van der Waals surface area contributed by atoms with Crippen LogP contribution in [0.2, 0.25) is 6.32 Å². The predicted octanol–water partition coefficient (Wildman–Crippen LogP) is 10.1. The Balaban J connectivity index is 0.000000393. The van der Waals surface area contributed by atoms with Gasteiger partial charge in [-0.25, -0.2) is 26.3 Å². The molecule has 8 rings (SSSR count). The summed E-state index contributed by atoms with van der Waals surface area (Å²) >= 11 is 0. The van der Waals surface area contributed by atoms with Gasteiger partial charge in [-0.15, -0.1) is 12.4 Å². The van der Waals surface area contributed by atoms with Gasteiger partial charge in [0.25, 0.3) is 0 Å². The van der Waals surface area contributed by atoms with E-state index in [4.69, 9.17) is 48.9 Å². The van der Waals surface area contributed by atoms with Crippen molar-refractivity contribution in [3.8, 4) is 57.5 Å². The number of benzene rings is 6. The van der Waals surface area contributed by atoms with Crippen molar-refractivity contribution in [3.63, 3.8) is 0 Å². The summed E-state index contributed by atoms with van der Waals surface area (Å²) in [4.78, 5) is 53.0. The van der Waals surface area contributed by atoms with Crippen LogP contribution in [-0.2, 0) is 19.4 Å². The fraction of sp³-hybridized carbons (Fsp3) is 0.328. The van der Waals surface area contributed by atoms with Crippen LogP contribution < -0.4 is 49.3 Å². The highest BCUT2D eigenvalue weighted by molar-refractivity contribution is 7.88. The molecule has 0 aliphatic carbocycles. The third-order valence-electron chi connectivity index (χ3n) is 13.7. The van der Waals surface area contributed by atoms with Gasteiger partial charge in [0.15, 0.2) is 118 Å². The number of aromatic hydroxyl groups is 3. The summed E-state index contributed by atoms with van der Waals surface area (Å²) in [5.74, 6) is -8.38. The van der Waals surface area contributed by atoms with Crippen LogP contribution in [0.5, 0.6) is 57.5 Å². The molecule has 95 heavy (non-hydrogen) atoms. The first kappa shape index (κ1) is 82.3. The molecule has 0 saturated carbocycles. The molecule has 1 saturated heterocycles. The minimum Gasteiger partial charge on any atom is -0.504 e. The number of methoxy groups -OCH3 is 2. The number of aldehydes is 5. The fourth-order valence-corrected chi connectivity index (χ4v) is 8.94. The van der Waals surface area contributed by atoms with Crippen LogP contribution in [-0.4, -0.2) is 133 Å². The van der Waals surface area contributed by atoms with Gasteiger partial charge in [0.1, 0.15) is 6.29 Å². The second kappa shape index (κ2) is 36.8. The van der Waals surface area contributed by atoms with E-state index >= 15 is 0 Å². The van der Waals surface area contributed by atoms with E-state index in [1.165, 1.54) is 51.5 Å². The maximum Gasteiger partial charge on any atom is 0.534 e. The molecule has 6 N–H and O–H groups in total. The number of carbonyl (C=O) groups excluding carboxylic acids is 5. The Morgan fingerprint density at radius 3 is 1.35 bits per heavy atom. The number of hydrogen-bond donors (Lipinski definition) is 5. The summed E-state index contributed by atoms with van der Waals surface area (Å²) in [6, 6.07) is 13.9. The molecular weight excluding hydrogens is 1330 g/mol. The summed E-state index contributed by atoms with van der Waals surface area (Å²) in [5.41, 5.74) is 0.921. The van der Waals surface area contributed by atoms with Crippen LogP contribution in [0.4, 0.5) is 39.5 Å². The van der Waals surface area contributed by atoms with Crippen molar-refractivity contribution < 1.29 is 134 Å². The average molecular weight is 1390 g/mol. The smallest absolute Gasteiger partial charge is 0.504 e. The molecule has 6 aromatic rings. The molecule has 21 nitrogen and oxygen atoms in total. The third kappa shape index (κ3) is 20.4. The lowest BCUT2D eigenvalue weighted by Crippen LogP contribution is -2.38. The molecule has 0 spiro atoms. The molecule has 2 aliphatic rings. The van der Waals surface area contributed by atoms with Gasteiger partial charge in [0.05, 0.1) is 74.6 Å². The van der Waals surface area contributed by atoms with E-state index < -0.39 is 98.1 Å². The number of halogens is 10. The summed E-state index contributed by atoms with van der Waals surface area (Å²) in [5, 5.41) is 36.6. The summed E-state index contributed by atoms with van der Waals surface area (Å²) < 4.78 is 183. The number of rotatable bonds is 19. The summed E-state index contributed by atoms with van der Waals surface area (Å²) in [6.45, 7) is 15.5. The van der Waals surface area contributed by atoms with Crippen LogP contribution in [0, 0.1) is 40.3 Å². The van der Waals surface area contributed by atoms with E-state index in [0.717, 1.165) is 42.7 Å². The molecule has 1 fully saturated rings. The van der Waals surface area contributed by atoms with Crippen LogP contribution >= 0.6 is 12.4 Å². The number of nitrogens with two attached hydrogens (primary N) is 1. The van der Waals surface area contributed by atoms with Crippen LogP contribution in [0.1, 0.15) is 119 Å². The van der Waals surface area contributed by atoms with Crippen molar-refractivity contribution in [2.45, 2.75) is 78.9 Å². The number of phenolic OH excluding ortho intramolecular Hbond substituents is 3. The van der Waals surface area contributed by atoms with Gasteiger partial charge in [0, 0.05) is 23.0 Å². The first-order valence-electron chi connectivity index (χ1n) is 27.8. The van der Waals surface area contributed by atoms with Crippen molar-refractivity contribution in [1.29, 1.82) is 0 Å². The largest absolute Gasteiger partial charge is 0.534 e. The van der Waals surface area contributed by atoms with Gasteiger partial charge >= 0.3 is 29.7 Å². The minimum absolute atomic E-state index is 0. The Bertz CT molecular complexity index is 3730. The van der Waals surface area contributed by atoms with E-state index in [-0.39, 0.29) is 102 Å². The van der Waals surface area contributed by atoms with Crippen LogP contribution in [0.3, 0.4) is 0 Å². The fourth-order valence-electron chi connectivity index (χ4n) is 8.46. The number of alkyl halides is 3. The number of phenols is 3. The molecule has 34 heteroatoms. The normalized spacial score (nSPS) is 13.8. The quantitative estimate of drug-likeness (QED) is 0.0126. The first-order valence-corrected chi connectivity index (χ1v) is 29.2. The Kier molecular flexibility index (Phi) is 31.9. The Morgan fingerprint density at radius 2 is 0.916 bits per heavy atom. The first-order chi connectivity index (χ1) is 44.2. The standard InChI is InChI=1S/C16H22BFO3.C10H13BFNO3.C10H8F4O5S.2C9H9FO3.C7H5FO3.ClH/c1-6-20-14-12(18)8-7-11(9-19)13(14)17-10-15(2,3)16(4,5)21-17;1-2-15-10-7(12)4-3-6-8(5-13)16-11(14)9(6)10;1-2-18-9-7(11)4-3-6(5-15)8(9)19-20(16,17)10(12,13)14;1-12-8-6(5-11)3-4-7(10)9(8)13-2;1-2-13-9-7(10)4-3-6(5-11)8(9)12;8-5-2-1-4(3-9)6(10)7(5)11;/h7-9H,6,10H2,1-5H3;3-4,8,14H,2,5,13H2,1H3;3-5H,2H2,1H3;3-5H,1-2H3;3-5,12H,2H2,1H3;1-3,10-11H;1H. The zero-order valence-corrected chi connectivity index (χ0v) is 54.0. The lowest BCUT2D eigenvalue weighted by molar-refractivity contribution is -0.0501. The maximum atomic E-state index is 14.1. The molecule has 6 aromatic carbocycles. The van der Waals surface area contributed by atoms with E-state index in [1.54, 1.807) is 26.8 Å². The molecule has 2 aliphatic heterocycles. The third-order valence-corrected chi connectivity index (χ3v) is 14.6. The minimum atomic E-state index is -6.05. The zero-order chi connectivity index (χ0) is 71.2. The van der Waals surface area contributed by atoms with Gasteiger partial charge in [-0.3, -0.25) is 24.0 Å². The number of ether oxygens (including phenoxy) is 6. The highest BCUT2D eigenvalue weighted by Gasteiger charge is 2.52. The van der Waals surface area contributed by atoms with Crippen molar-refractivity contribution >= 4 is 78.9 Å². The highest BCUT2D eigenvalue weighted by Crippen LogP contribution is 2.46. The molecule has 0 bridgehead atoms. The number of fused-ring (bicyclic) bond motifs is 1. The monoisotopic (exact) mass is 1390 g/mol. The van der Waals surface area contributed by atoms with Crippen molar-refractivity contribution in [2.24, 2.45) is 11.1 Å². The number of carbonyl (C=O) groups is 5. The van der Waals surface area contributed by atoms with Crippen LogP contribution in [0.25, 0.3) is 0 Å².